The van der Waals surface area contributed by atoms with E-state index in [0.717, 1.165) is 0 Å². The van der Waals surface area contributed by atoms with E-state index in [1.165, 1.54) is 6.92 Å². The highest BCUT2D eigenvalue weighted by molar-refractivity contribution is 5.92. The van der Waals surface area contributed by atoms with Crippen LogP contribution in [-0.2, 0) is 19.2 Å². The van der Waals surface area contributed by atoms with E-state index in [0.29, 0.717) is 0 Å². The van der Waals surface area contributed by atoms with Gasteiger partial charge < -0.3 is 27.2 Å². The van der Waals surface area contributed by atoms with E-state index < -0.39 is 41.8 Å². The molecule has 0 fully saturated rings. The Balaban J connectivity index is 4.88. The Kier molecular flexibility index (Phi) is 8.10. The summed E-state index contributed by atoms with van der Waals surface area (Å²) in [5.74, 6) is -3.25. The highest BCUT2D eigenvalue weighted by Gasteiger charge is 2.27. The second kappa shape index (κ2) is 8.98. The van der Waals surface area contributed by atoms with Crippen molar-refractivity contribution in [2.45, 2.75) is 51.7 Å². The van der Waals surface area contributed by atoms with Crippen molar-refractivity contribution in [2.75, 3.05) is 0 Å². The Morgan fingerprint density at radius 1 is 1.05 bits per heavy atom. The Bertz CT molecular complexity index is 438. The maximum atomic E-state index is 12.0. The molecule has 0 heterocycles. The largest absolute Gasteiger partial charge is 0.480 e. The minimum Gasteiger partial charge on any atom is -0.480 e. The van der Waals surface area contributed by atoms with Crippen LogP contribution in [0.15, 0.2) is 0 Å². The molecule has 0 aliphatic rings. The highest BCUT2D eigenvalue weighted by Crippen LogP contribution is 2.03. The summed E-state index contributed by atoms with van der Waals surface area (Å²) in [6.45, 7) is 4.78. The third-order valence-corrected chi connectivity index (χ3v) is 3.06. The number of nitrogens with one attached hydrogen (secondary N) is 2. The van der Waals surface area contributed by atoms with Gasteiger partial charge in [-0.3, -0.25) is 19.2 Å². The molecule has 0 aliphatic heterocycles. The second-order valence-corrected chi connectivity index (χ2v) is 5.40. The van der Waals surface area contributed by atoms with Crippen LogP contribution in [0.2, 0.25) is 0 Å². The summed E-state index contributed by atoms with van der Waals surface area (Å²) in [4.78, 5) is 45.5. The van der Waals surface area contributed by atoms with Gasteiger partial charge in [0.1, 0.15) is 12.1 Å². The lowest BCUT2D eigenvalue weighted by Crippen LogP contribution is -2.55. The summed E-state index contributed by atoms with van der Waals surface area (Å²) in [6.07, 6.45) is -0.166. The zero-order valence-corrected chi connectivity index (χ0v) is 13.0. The molecule has 0 aromatic carbocycles. The van der Waals surface area contributed by atoms with Crippen LogP contribution in [0.1, 0.15) is 33.6 Å². The molecule has 0 aliphatic carbocycles. The predicted octanol–water partition coefficient (Wildman–Crippen LogP) is -1.69. The standard InChI is InChI=1S/C13H24N4O5/c1-6(2)10(15)12(20)17-8(4-5-9(14)18)11(19)16-7(3)13(21)22/h6-8,10H,4-5,15H2,1-3H3,(H2,14,18)(H,16,19)(H,17,20)(H,21,22). The molecule has 0 aromatic heterocycles. The number of carboxylic acids is 1. The van der Waals surface area contributed by atoms with Crippen molar-refractivity contribution in [2.24, 2.45) is 17.4 Å². The van der Waals surface area contributed by atoms with E-state index in [1.807, 2.05) is 0 Å². The van der Waals surface area contributed by atoms with Crippen molar-refractivity contribution < 1.29 is 24.3 Å². The smallest absolute Gasteiger partial charge is 0.325 e. The van der Waals surface area contributed by atoms with E-state index in [9.17, 15) is 19.2 Å². The van der Waals surface area contributed by atoms with Crippen molar-refractivity contribution in [1.82, 2.24) is 10.6 Å². The first-order chi connectivity index (χ1) is 10.1. The Hall–Kier alpha value is -2.16. The number of nitrogens with two attached hydrogens (primary N) is 2. The van der Waals surface area contributed by atoms with Crippen LogP contribution in [0.25, 0.3) is 0 Å². The molecule has 0 saturated carbocycles. The fraction of sp³-hybridized carbons (Fsp3) is 0.692. The van der Waals surface area contributed by atoms with Crippen molar-refractivity contribution in [3.63, 3.8) is 0 Å². The molecule has 0 radical (unpaired) electrons. The number of amides is 3. The molecule has 0 bridgehead atoms. The molecule has 3 atom stereocenters. The summed E-state index contributed by atoms with van der Waals surface area (Å²) in [6, 6.07) is -3.02. The van der Waals surface area contributed by atoms with Crippen LogP contribution in [0.3, 0.4) is 0 Å². The molecule has 9 nitrogen and oxygen atoms in total. The SMILES string of the molecule is CC(NC(=O)C(CCC(N)=O)NC(=O)C(N)C(C)C)C(=O)O. The first kappa shape index (κ1) is 19.8. The lowest BCUT2D eigenvalue weighted by atomic mass is 10.0. The van der Waals surface area contributed by atoms with Crippen molar-refractivity contribution in [3.05, 3.63) is 0 Å². The minimum atomic E-state index is -1.22. The number of primary amides is 1. The van der Waals surface area contributed by atoms with Gasteiger partial charge >= 0.3 is 5.97 Å². The van der Waals surface area contributed by atoms with Gasteiger partial charge in [-0.05, 0) is 19.3 Å². The number of carbonyl (C=O) groups excluding carboxylic acids is 3. The monoisotopic (exact) mass is 316 g/mol. The average molecular weight is 316 g/mol. The Morgan fingerprint density at radius 2 is 1.59 bits per heavy atom. The quantitative estimate of drug-likeness (QED) is 0.340. The zero-order chi connectivity index (χ0) is 17.4. The van der Waals surface area contributed by atoms with Gasteiger partial charge in [-0.15, -0.1) is 0 Å². The second-order valence-electron chi connectivity index (χ2n) is 5.40. The van der Waals surface area contributed by atoms with Crippen LogP contribution in [-0.4, -0.2) is 46.9 Å². The number of carboxylic acid groups (broad SMARTS) is 1. The van der Waals surface area contributed by atoms with Crippen LogP contribution in [0.5, 0.6) is 0 Å². The molecule has 3 unspecified atom stereocenters. The summed E-state index contributed by atoms with van der Waals surface area (Å²) in [5.41, 5.74) is 10.7. The summed E-state index contributed by atoms with van der Waals surface area (Å²) >= 11 is 0. The molecule has 0 spiro atoms. The molecule has 9 heteroatoms. The molecular formula is C13H24N4O5. The third kappa shape index (κ3) is 7.02. The molecule has 7 N–H and O–H groups in total. The van der Waals surface area contributed by atoms with Crippen LogP contribution < -0.4 is 22.1 Å². The number of rotatable bonds is 9. The van der Waals surface area contributed by atoms with Gasteiger partial charge in [0, 0.05) is 6.42 Å². The van der Waals surface area contributed by atoms with Gasteiger partial charge in [-0.2, -0.15) is 0 Å². The number of carbonyl (C=O) groups is 4. The van der Waals surface area contributed by atoms with Gasteiger partial charge in [0.25, 0.3) is 0 Å². The fourth-order valence-corrected chi connectivity index (χ4v) is 1.50. The van der Waals surface area contributed by atoms with E-state index in [4.69, 9.17) is 16.6 Å². The predicted molar refractivity (Wildman–Crippen MR) is 78.4 cm³/mol. The van der Waals surface area contributed by atoms with E-state index in [-0.39, 0.29) is 18.8 Å². The van der Waals surface area contributed by atoms with Crippen LogP contribution in [0, 0.1) is 5.92 Å². The lowest BCUT2D eigenvalue weighted by Gasteiger charge is -2.22. The van der Waals surface area contributed by atoms with E-state index in [1.54, 1.807) is 13.8 Å². The molecule has 3 amide bonds. The summed E-state index contributed by atoms with van der Waals surface area (Å²) in [7, 11) is 0. The van der Waals surface area contributed by atoms with Crippen molar-refractivity contribution >= 4 is 23.7 Å². The number of hydrogen-bond acceptors (Lipinski definition) is 5. The summed E-state index contributed by atoms with van der Waals surface area (Å²) < 4.78 is 0. The Morgan fingerprint density at radius 3 is 2.00 bits per heavy atom. The van der Waals surface area contributed by atoms with Gasteiger partial charge in [-0.1, -0.05) is 13.8 Å². The molecule has 0 aromatic rings. The fourth-order valence-electron chi connectivity index (χ4n) is 1.50. The molecule has 126 valence electrons. The third-order valence-electron chi connectivity index (χ3n) is 3.06. The topological polar surface area (TPSA) is 165 Å². The first-order valence-electron chi connectivity index (χ1n) is 6.93. The minimum absolute atomic E-state index is 0.0376. The van der Waals surface area contributed by atoms with E-state index in [2.05, 4.69) is 10.6 Å². The van der Waals surface area contributed by atoms with Crippen LogP contribution >= 0.6 is 0 Å². The highest BCUT2D eigenvalue weighted by atomic mass is 16.4. The maximum Gasteiger partial charge on any atom is 0.325 e. The Labute approximate surface area is 128 Å². The van der Waals surface area contributed by atoms with Crippen LogP contribution in [0.4, 0.5) is 0 Å². The molecule has 22 heavy (non-hydrogen) atoms. The van der Waals surface area contributed by atoms with Gasteiger partial charge in [0.05, 0.1) is 6.04 Å². The maximum absolute atomic E-state index is 12.0. The first-order valence-corrected chi connectivity index (χ1v) is 6.93. The summed E-state index contributed by atoms with van der Waals surface area (Å²) in [5, 5.41) is 13.4. The normalized spacial score (nSPS) is 14.8. The van der Waals surface area contributed by atoms with Gasteiger partial charge in [-0.25, -0.2) is 0 Å². The van der Waals surface area contributed by atoms with Crippen molar-refractivity contribution in [3.8, 4) is 0 Å². The zero-order valence-electron chi connectivity index (χ0n) is 13.0. The molecular weight excluding hydrogens is 292 g/mol. The van der Waals surface area contributed by atoms with Crippen molar-refractivity contribution in [1.29, 1.82) is 0 Å². The van der Waals surface area contributed by atoms with E-state index >= 15 is 0 Å². The molecule has 0 rings (SSSR count). The molecule has 0 saturated heterocycles. The average Bonchev–Trinajstić information content (AvgIpc) is 2.41. The number of hydrogen-bond donors (Lipinski definition) is 5. The lowest BCUT2D eigenvalue weighted by molar-refractivity contribution is -0.141. The number of aliphatic carboxylic acids is 1. The van der Waals surface area contributed by atoms with Gasteiger partial charge in [0.15, 0.2) is 0 Å². The van der Waals surface area contributed by atoms with Gasteiger partial charge in [0.2, 0.25) is 17.7 Å².